The largest absolute Gasteiger partial charge is 0.468 e. The fourth-order valence-corrected chi connectivity index (χ4v) is 0.522. The van der Waals surface area contributed by atoms with E-state index < -0.39 is 0 Å². The van der Waals surface area contributed by atoms with E-state index in [1.165, 1.54) is 0 Å². The van der Waals surface area contributed by atoms with Crippen molar-refractivity contribution in [1.82, 2.24) is 0 Å². The Kier molecular flexibility index (Phi) is 4.46. The van der Waals surface area contributed by atoms with Crippen LogP contribution in [0.1, 0.15) is 19.6 Å². The van der Waals surface area contributed by atoms with Crippen LogP contribution in [0.25, 0.3) is 0 Å². The number of methoxy groups -OCH3 is 1. The molecule has 0 unspecified atom stereocenters. The molecule has 2 heteroatoms. The zero-order chi connectivity index (χ0) is 7.98. The van der Waals surface area contributed by atoms with E-state index >= 15 is 0 Å². The van der Waals surface area contributed by atoms with Crippen LogP contribution in [0.2, 0.25) is 0 Å². The van der Waals surface area contributed by atoms with E-state index in [1.807, 2.05) is 26.8 Å². The van der Waals surface area contributed by atoms with E-state index in [1.54, 1.807) is 13.2 Å². The van der Waals surface area contributed by atoms with E-state index in [4.69, 9.17) is 9.15 Å². The molecule has 1 aromatic rings. The summed E-state index contributed by atoms with van der Waals surface area (Å²) < 4.78 is 9.78. The second-order valence-corrected chi connectivity index (χ2v) is 1.57. The van der Waals surface area contributed by atoms with Gasteiger partial charge >= 0.3 is 0 Å². The van der Waals surface area contributed by atoms with Gasteiger partial charge in [-0.05, 0) is 13.0 Å². The van der Waals surface area contributed by atoms with Gasteiger partial charge in [0, 0.05) is 6.07 Å². The summed E-state index contributed by atoms with van der Waals surface area (Å²) in [4.78, 5) is 0. The van der Waals surface area contributed by atoms with Crippen LogP contribution in [0.4, 0.5) is 0 Å². The van der Waals surface area contributed by atoms with Crippen molar-refractivity contribution >= 4 is 0 Å². The molecule has 0 amide bonds. The summed E-state index contributed by atoms with van der Waals surface area (Å²) in [5.41, 5.74) is 0. The molecule has 0 atom stereocenters. The fourth-order valence-electron chi connectivity index (χ4n) is 0.522. The topological polar surface area (TPSA) is 22.4 Å². The second kappa shape index (κ2) is 4.91. The Morgan fingerprint density at radius 2 is 1.90 bits per heavy atom. The van der Waals surface area contributed by atoms with E-state index in [9.17, 15) is 0 Å². The molecule has 0 saturated heterocycles. The maximum Gasteiger partial charge on any atom is 0.284 e. The first-order valence-corrected chi connectivity index (χ1v) is 3.43. The van der Waals surface area contributed by atoms with Crippen LogP contribution < -0.4 is 4.74 Å². The highest BCUT2D eigenvalue weighted by atomic mass is 16.6. The van der Waals surface area contributed by atoms with Crippen molar-refractivity contribution in [3.05, 3.63) is 17.9 Å². The maximum absolute atomic E-state index is 5.01. The van der Waals surface area contributed by atoms with Crippen molar-refractivity contribution < 1.29 is 9.15 Å². The van der Waals surface area contributed by atoms with E-state index in [0.717, 1.165) is 5.76 Å². The van der Waals surface area contributed by atoms with Gasteiger partial charge in [-0.3, -0.25) is 0 Å². The molecule has 58 valence electrons. The molecule has 0 aliphatic rings. The lowest BCUT2D eigenvalue weighted by atomic mass is 10.5. The highest BCUT2D eigenvalue weighted by Crippen LogP contribution is 2.12. The highest BCUT2D eigenvalue weighted by Gasteiger charge is 1.92. The van der Waals surface area contributed by atoms with Gasteiger partial charge in [0.25, 0.3) is 5.95 Å². The number of furan rings is 1. The first kappa shape index (κ1) is 9.08. The van der Waals surface area contributed by atoms with Crippen LogP contribution in [-0.4, -0.2) is 7.11 Å². The van der Waals surface area contributed by atoms with Crippen molar-refractivity contribution in [2.75, 3.05) is 7.11 Å². The third-order valence-corrected chi connectivity index (χ3v) is 0.917. The molecule has 1 rings (SSSR count). The molecule has 0 radical (unpaired) electrons. The third-order valence-electron chi connectivity index (χ3n) is 0.917. The average Bonchev–Trinajstić information content (AvgIpc) is 2.40. The Balaban J connectivity index is 0.000000371. The van der Waals surface area contributed by atoms with Gasteiger partial charge in [0.05, 0.1) is 7.11 Å². The van der Waals surface area contributed by atoms with Crippen molar-refractivity contribution in [3.63, 3.8) is 0 Å². The molecule has 0 aliphatic heterocycles. The quantitative estimate of drug-likeness (QED) is 0.601. The Morgan fingerprint density at radius 3 is 2.10 bits per heavy atom. The Morgan fingerprint density at radius 1 is 1.30 bits per heavy atom. The second-order valence-electron chi connectivity index (χ2n) is 1.57. The Bertz CT molecular complexity index is 168. The number of rotatable bonds is 1. The van der Waals surface area contributed by atoms with Gasteiger partial charge in [0.1, 0.15) is 5.76 Å². The minimum Gasteiger partial charge on any atom is -0.468 e. The van der Waals surface area contributed by atoms with Gasteiger partial charge in [0.15, 0.2) is 0 Å². The molecule has 1 aromatic heterocycles. The number of hydrogen-bond donors (Lipinski definition) is 0. The van der Waals surface area contributed by atoms with Crippen molar-refractivity contribution in [2.45, 2.75) is 20.8 Å². The van der Waals surface area contributed by atoms with Crippen LogP contribution in [0, 0.1) is 6.92 Å². The molecule has 0 bridgehead atoms. The molecule has 0 aliphatic carbocycles. The molecule has 0 saturated carbocycles. The molecular formula is C8H14O2. The summed E-state index contributed by atoms with van der Waals surface area (Å²) >= 11 is 0. The molecular weight excluding hydrogens is 128 g/mol. The molecule has 0 spiro atoms. The lowest BCUT2D eigenvalue weighted by Crippen LogP contribution is -1.75. The number of hydrogen-bond acceptors (Lipinski definition) is 2. The summed E-state index contributed by atoms with van der Waals surface area (Å²) in [6.45, 7) is 5.88. The van der Waals surface area contributed by atoms with E-state index in [2.05, 4.69) is 0 Å². The monoisotopic (exact) mass is 142 g/mol. The average molecular weight is 142 g/mol. The van der Waals surface area contributed by atoms with E-state index in [0.29, 0.717) is 5.95 Å². The van der Waals surface area contributed by atoms with E-state index in [-0.39, 0.29) is 0 Å². The first-order chi connectivity index (χ1) is 4.83. The third kappa shape index (κ3) is 2.58. The first-order valence-electron chi connectivity index (χ1n) is 3.43. The van der Waals surface area contributed by atoms with Crippen LogP contribution in [0.5, 0.6) is 5.95 Å². The molecule has 0 aromatic carbocycles. The maximum atomic E-state index is 5.01. The van der Waals surface area contributed by atoms with Gasteiger partial charge in [-0.15, -0.1) is 0 Å². The summed E-state index contributed by atoms with van der Waals surface area (Å²) in [6.07, 6.45) is 0. The number of ether oxygens (including phenoxy) is 1. The predicted octanol–water partition coefficient (Wildman–Crippen LogP) is 2.62. The standard InChI is InChI=1S/C6H8O2.C2H6/c1-5-3-4-6(7-2)8-5;1-2/h3-4H,1-2H3;1-2H3. The van der Waals surface area contributed by atoms with Crippen molar-refractivity contribution in [3.8, 4) is 5.95 Å². The van der Waals surface area contributed by atoms with Gasteiger partial charge in [-0.2, -0.15) is 0 Å². The Hall–Kier alpha value is -0.920. The van der Waals surface area contributed by atoms with Crippen LogP contribution in [0.3, 0.4) is 0 Å². The molecule has 2 nitrogen and oxygen atoms in total. The molecule has 0 fully saturated rings. The summed E-state index contributed by atoms with van der Waals surface area (Å²) in [7, 11) is 1.58. The van der Waals surface area contributed by atoms with Crippen LogP contribution >= 0.6 is 0 Å². The number of aryl methyl sites for hydroxylation is 1. The van der Waals surface area contributed by atoms with Gasteiger partial charge in [-0.25, -0.2) is 0 Å². The van der Waals surface area contributed by atoms with Gasteiger partial charge < -0.3 is 9.15 Å². The van der Waals surface area contributed by atoms with Crippen LogP contribution in [-0.2, 0) is 0 Å². The lowest BCUT2D eigenvalue weighted by Gasteiger charge is -1.87. The predicted molar refractivity (Wildman–Crippen MR) is 41.3 cm³/mol. The fraction of sp³-hybridized carbons (Fsp3) is 0.500. The van der Waals surface area contributed by atoms with Crippen molar-refractivity contribution in [2.24, 2.45) is 0 Å². The van der Waals surface area contributed by atoms with Gasteiger partial charge in [0.2, 0.25) is 0 Å². The summed E-state index contributed by atoms with van der Waals surface area (Å²) in [6, 6.07) is 3.65. The van der Waals surface area contributed by atoms with Crippen molar-refractivity contribution in [1.29, 1.82) is 0 Å². The highest BCUT2D eigenvalue weighted by molar-refractivity contribution is 5.09. The summed E-state index contributed by atoms with van der Waals surface area (Å²) in [5.74, 6) is 1.45. The zero-order valence-corrected chi connectivity index (χ0v) is 6.97. The molecule has 1 heterocycles. The van der Waals surface area contributed by atoms with Gasteiger partial charge in [-0.1, -0.05) is 13.8 Å². The SMILES string of the molecule is CC.COc1ccc(C)o1. The Labute approximate surface area is 61.8 Å². The molecule has 10 heavy (non-hydrogen) atoms. The minimum absolute atomic E-state index is 0.572. The minimum atomic E-state index is 0.572. The smallest absolute Gasteiger partial charge is 0.284 e. The summed E-state index contributed by atoms with van der Waals surface area (Å²) in [5, 5.41) is 0. The lowest BCUT2D eigenvalue weighted by molar-refractivity contribution is 0.298. The normalized spacial score (nSPS) is 8.00. The molecule has 0 N–H and O–H groups in total. The van der Waals surface area contributed by atoms with Crippen LogP contribution in [0.15, 0.2) is 16.5 Å². The zero-order valence-electron chi connectivity index (χ0n) is 6.97.